The second kappa shape index (κ2) is 6.50. The van der Waals surface area contributed by atoms with Gasteiger partial charge >= 0.3 is 0 Å². The van der Waals surface area contributed by atoms with E-state index in [4.69, 9.17) is 0 Å². The van der Waals surface area contributed by atoms with Crippen molar-refractivity contribution < 1.29 is 14.0 Å². The third kappa shape index (κ3) is 3.96. The van der Waals surface area contributed by atoms with E-state index in [9.17, 15) is 14.0 Å². The Morgan fingerprint density at radius 3 is 2.74 bits per heavy atom. The van der Waals surface area contributed by atoms with Gasteiger partial charge in [-0.25, -0.2) is 4.39 Å². The second-order valence-electron chi connectivity index (χ2n) is 5.69. The molecule has 1 saturated carbocycles. The SMILES string of the molecule is Cc1cc(CNC(=O)c2ccc(NC(=O)C3CC3)s2)ccc1F. The number of hydrogen-bond donors (Lipinski definition) is 2. The largest absolute Gasteiger partial charge is 0.347 e. The van der Waals surface area contributed by atoms with Crippen LogP contribution in [0.2, 0.25) is 0 Å². The van der Waals surface area contributed by atoms with Crippen LogP contribution in [0.15, 0.2) is 30.3 Å². The maximum Gasteiger partial charge on any atom is 0.261 e. The molecular weight excluding hydrogens is 315 g/mol. The smallest absolute Gasteiger partial charge is 0.261 e. The van der Waals surface area contributed by atoms with Crippen LogP contribution >= 0.6 is 11.3 Å². The molecule has 6 heteroatoms. The number of halogens is 1. The van der Waals surface area contributed by atoms with Gasteiger partial charge in [-0.2, -0.15) is 0 Å². The molecule has 0 atom stereocenters. The molecule has 2 N–H and O–H groups in total. The topological polar surface area (TPSA) is 58.2 Å². The summed E-state index contributed by atoms with van der Waals surface area (Å²) in [5, 5.41) is 6.31. The summed E-state index contributed by atoms with van der Waals surface area (Å²) >= 11 is 1.25. The first-order valence-electron chi connectivity index (χ1n) is 7.47. The van der Waals surface area contributed by atoms with E-state index < -0.39 is 0 Å². The predicted molar refractivity (Wildman–Crippen MR) is 88.0 cm³/mol. The fourth-order valence-corrected chi connectivity index (χ4v) is 3.01. The van der Waals surface area contributed by atoms with Crippen molar-refractivity contribution in [2.24, 2.45) is 5.92 Å². The lowest BCUT2D eigenvalue weighted by Crippen LogP contribution is -2.21. The molecule has 0 saturated heterocycles. The van der Waals surface area contributed by atoms with Crippen molar-refractivity contribution in [3.05, 3.63) is 52.2 Å². The Hall–Kier alpha value is -2.21. The lowest BCUT2D eigenvalue weighted by Gasteiger charge is -2.05. The molecule has 0 aliphatic heterocycles. The van der Waals surface area contributed by atoms with Gasteiger partial charge in [-0.1, -0.05) is 12.1 Å². The Morgan fingerprint density at radius 1 is 1.26 bits per heavy atom. The van der Waals surface area contributed by atoms with Crippen LogP contribution in [0.25, 0.3) is 0 Å². The van der Waals surface area contributed by atoms with Crippen molar-refractivity contribution in [1.82, 2.24) is 5.32 Å². The molecule has 0 unspecified atom stereocenters. The molecular formula is C17H17FN2O2S. The zero-order valence-corrected chi connectivity index (χ0v) is 13.5. The predicted octanol–water partition coefficient (Wildman–Crippen LogP) is 3.47. The lowest BCUT2D eigenvalue weighted by molar-refractivity contribution is -0.117. The van der Waals surface area contributed by atoms with Gasteiger partial charge in [0.2, 0.25) is 5.91 Å². The molecule has 1 fully saturated rings. The van der Waals surface area contributed by atoms with Gasteiger partial charge in [0.05, 0.1) is 9.88 Å². The van der Waals surface area contributed by atoms with Crippen LogP contribution in [0, 0.1) is 18.7 Å². The van der Waals surface area contributed by atoms with Crippen molar-refractivity contribution in [2.45, 2.75) is 26.3 Å². The summed E-state index contributed by atoms with van der Waals surface area (Å²) < 4.78 is 13.2. The Kier molecular flexibility index (Phi) is 4.43. The molecule has 2 aromatic rings. The van der Waals surface area contributed by atoms with Gasteiger partial charge in [-0.05, 0) is 49.1 Å². The fourth-order valence-electron chi connectivity index (χ4n) is 2.18. The van der Waals surface area contributed by atoms with E-state index in [1.165, 1.54) is 17.4 Å². The summed E-state index contributed by atoms with van der Waals surface area (Å²) in [6.07, 6.45) is 1.89. The highest BCUT2D eigenvalue weighted by Gasteiger charge is 2.29. The Morgan fingerprint density at radius 2 is 2.04 bits per heavy atom. The summed E-state index contributed by atoms with van der Waals surface area (Å²) in [4.78, 5) is 24.4. The number of carbonyl (C=O) groups is 2. The van der Waals surface area contributed by atoms with Crippen LogP contribution < -0.4 is 10.6 Å². The molecule has 1 aromatic heterocycles. The number of anilines is 1. The molecule has 2 amide bonds. The van der Waals surface area contributed by atoms with E-state index >= 15 is 0 Å². The number of aryl methyl sites for hydroxylation is 1. The highest BCUT2D eigenvalue weighted by atomic mass is 32.1. The molecule has 1 aromatic carbocycles. The zero-order chi connectivity index (χ0) is 16.4. The van der Waals surface area contributed by atoms with E-state index in [-0.39, 0.29) is 23.5 Å². The number of nitrogens with one attached hydrogen (secondary N) is 2. The van der Waals surface area contributed by atoms with Gasteiger partial charge in [0.1, 0.15) is 5.82 Å². The number of carbonyl (C=O) groups excluding carboxylic acids is 2. The maximum absolute atomic E-state index is 13.2. The van der Waals surface area contributed by atoms with Crippen LogP contribution in [-0.4, -0.2) is 11.8 Å². The molecule has 4 nitrogen and oxygen atoms in total. The average Bonchev–Trinajstić information content (AvgIpc) is 3.28. The fraction of sp³-hybridized carbons (Fsp3) is 0.294. The van der Waals surface area contributed by atoms with Gasteiger partial charge < -0.3 is 10.6 Å². The normalized spacial score (nSPS) is 13.7. The molecule has 1 heterocycles. The summed E-state index contributed by atoms with van der Waals surface area (Å²) in [7, 11) is 0. The first-order valence-corrected chi connectivity index (χ1v) is 8.28. The molecule has 1 aliphatic carbocycles. The van der Waals surface area contributed by atoms with E-state index in [1.54, 1.807) is 31.2 Å². The van der Waals surface area contributed by atoms with Crippen molar-refractivity contribution in [3.63, 3.8) is 0 Å². The van der Waals surface area contributed by atoms with Crippen molar-refractivity contribution >= 4 is 28.2 Å². The van der Waals surface area contributed by atoms with E-state index in [2.05, 4.69) is 10.6 Å². The maximum atomic E-state index is 13.2. The molecule has 3 rings (SSSR count). The molecule has 120 valence electrons. The third-order valence-electron chi connectivity index (χ3n) is 3.70. The Balaban J connectivity index is 1.56. The van der Waals surface area contributed by atoms with Crippen molar-refractivity contribution in [1.29, 1.82) is 0 Å². The summed E-state index contributed by atoms with van der Waals surface area (Å²) in [5.74, 6) is -0.296. The standard InChI is InChI=1S/C17H17FN2O2S/c1-10-8-11(2-5-13(10)18)9-19-17(22)14-6-7-15(23-14)20-16(21)12-3-4-12/h2,5-8,12H,3-4,9H2,1H3,(H,19,22)(H,20,21). The number of thiophene rings is 1. The van der Waals surface area contributed by atoms with Crippen LogP contribution in [0.1, 0.15) is 33.6 Å². The quantitative estimate of drug-likeness (QED) is 0.881. The van der Waals surface area contributed by atoms with Crippen LogP contribution in [0.5, 0.6) is 0 Å². The average molecular weight is 332 g/mol. The minimum absolute atomic E-state index is 0.0283. The number of benzene rings is 1. The number of rotatable bonds is 5. The van der Waals surface area contributed by atoms with Crippen LogP contribution in [0.3, 0.4) is 0 Å². The summed E-state index contributed by atoms with van der Waals surface area (Å²) in [5.41, 5.74) is 1.40. The van der Waals surface area contributed by atoms with Crippen LogP contribution in [0.4, 0.5) is 9.39 Å². The summed E-state index contributed by atoms with van der Waals surface area (Å²) in [6, 6.07) is 8.19. The minimum atomic E-state index is -0.255. The Bertz CT molecular complexity index is 753. The summed E-state index contributed by atoms with van der Waals surface area (Å²) in [6.45, 7) is 2.02. The van der Waals surface area contributed by atoms with Crippen molar-refractivity contribution in [2.75, 3.05) is 5.32 Å². The van der Waals surface area contributed by atoms with Gasteiger partial charge in [-0.15, -0.1) is 11.3 Å². The van der Waals surface area contributed by atoms with E-state index in [0.717, 1.165) is 18.4 Å². The van der Waals surface area contributed by atoms with Crippen molar-refractivity contribution in [3.8, 4) is 0 Å². The molecule has 23 heavy (non-hydrogen) atoms. The van der Waals surface area contributed by atoms with Gasteiger partial charge in [-0.3, -0.25) is 9.59 Å². The Labute approximate surface area is 137 Å². The molecule has 0 bridgehead atoms. The molecule has 1 aliphatic rings. The van der Waals surface area contributed by atoms with E-state index in [1.807, 2.05) is 0 Å². The number of amides is 2. The molecule has 0 radical (unpaired) electrons. The lowest BCUT2D eigenvalue weighted by atomic mass is 10.1. The number of hydrogen-bond acceptors (Lipinski definition) is 3. The first-order chi connectivity index (χ1) is 11.0. The van der Waals surface area contributed by atoms with Gasteiger partial charge in [0.25, 0.3) is 5.91 Å². The minimum Gasteiger partial charge on any atom is -0.347 e. The highest BCUT2D eigenvalue weighted by Crippen LogP contribution is 2.31. The third-order valence-corrected chi connectivity index (χ3v) is 4.70. The van der Waals surface area contributed by atoms with Gasteiger partial charge in [0, 0.05) is 12.5 Å². The second-order valence-corrected chi connectivity index (χ2v) is 6.78. The highest BCUT2D eigenvalue weighted by molar-refractivity contribution is 7.18. The zero-order valence-electron chi connectivity index (χ0n) is 12.7. The first kappa shape index (κ1) is 15.7. The monoisotopic (exact) mass is 332 g/mol. The molecule has 0 spiro atoms. The van der Waals surface area contributed by atoms with Crippen LogP contribution in [-0.2, 0) is 11.3 Å². The van der Waals surface area contributed by atoms with E-state index in [0.29, 0.717) is 22.0 Å². The van der Waals surface area contributed by atoms with Gasteiger partial charge in [0.15, 0.2) is 0 Å².